The van der Waals surface area contributed by atoms with Gasteiger partial charge in [0.05, 0.1) is 10.8 Å². The van der Waals surface area contributed by atoms with E-state index >= 15 is 0 Å². The maximum absolute atomic E-state index is 12.6. The highest BCUT2D eigenvalue weighted by molar-refractivity contribution is 5.77. The van der Waals surface area contributed by atoms with E-state index in [0.29, 0.717) is 0 Å². The van der Waals surface area contributed by atoms with Crippen molar-refractivity contribution in [1.82, 2.24) is 5.32 Å². The highest BCUT2D eigenvalue weighted by atomic mass is 19.4. The number of amides is 1. The molecule has 0 atom stereocenters. The van der Waals surface area contributed by atoms with E-state index in [2.05, 4.69) is 5.32 Å². The Labute approximate surface area is 110 Å². The van der Waals surface area contributed by atoms with Crippen LogP contribution in [0.1, 0.15) is 40.5 Å². The van der Waals surface area contributed by atoms with Gasteiger partial charge in [-0.3, -0.25) is 9.59 Å². The SMILES string of the molecule is CC(C)(CCNC(=O)CC(C)(C)C(F)(F)F)C(=O)O. The summed E-state index contributed by atoms with van der Waals surface area (Å²) in [5.41, 5.74) is -3.12. The summed E-state index contributed by atoms with van der Waals surface area (Å²) >= 11 is 0. The number of alkyl halides is 3. The second-order valence-corrected chi connectivity index (χ2v) is 5.85. The van der Waals surface area contributed by atoms with Crippen LogP contribution in [0.15, 0.2) is 0 Å². The Hall–Kier alpha value is -1.27. The molecule has 0 aliphatic rings. The van der Waals surface area contributed by atoms with Crippen molar-refractivity contribution < 1.29 is 27.9 Å². The van der Waals surface area contributed by atoms with Crippen molar-refractivity contribution in [2.75, 3.05) is 6.54 Å². The van der Waals surface area contributed by atoms with Gasteiger partial charge in [0.15, 0.2) is 0 Å². The quantitative estimate of drug-likeness (QED) is 0.787. The van der Waals surface area contributed by atoms with E-state index < -0.39 is 35.3 Å². The summed E-state index contributed by atoms with van der Waals surface area (Å²) in [4.78, 5) is 22.2. The van der Waals surface area contributed by atoms with E-state index in [0.717, 1.165) is 13.8 Å². The van der Waals surface area contributed by atoms with E-state index in [1.165, 1.54) is 13.8 Å². The van der Waals surface area contributed by atoms with Crippen LogP contribution in [0.4, 0.5) is 13.2 Å². The molecule has 4 nitrogen and oxygen atoms in total. The molecule has 7 heteroatoms. The highest BCUT2D eigenvalue weighted by Crippen LogP contribution is 2.40. The van der Waals surface area contributed by atoms with Gasteiger partial charge in [-0.2, -0.15) is 13.2 Å². The molecular formula is C12H20F3NO3. The largest absolute Gasteiger partial charge is 0.481 e. The number of rotatable bonds is 6. The second-order valence-electron chi connectivity index (χ2n) is 5.85. The van der Waals surface area contributed by atoms with Crippen LogP contribution in [0.25, 0.3) is 0 Å². The second kappa shape index (κ2) is 5.79. The Bertz CT molecular complexity index is 349. The zero-order valence-electron chi connectivity index (χ0n) is 11.5. The van der Waals surface area contributed by atoms with Crippen LogP contribution in [-0.2, 0) is 9.59 Å². The zero-order chi connectivity index (χ0) is 15.5. The molecule has 19 heavy (non-hydrogen) atoms. The van der Waals surface area contributed by atoms with Gasteiger partial charge >= 0.3 is 12.1 Å². The Morgan fingerprint density at radius 1 is 1.11 bits per heavy atom. The average molecular weight is 283 g/mol. The van der Waals surface area contributed by atoms with Crippen LogP contribution in [0.3, 0.4) is 0 Å². The molecule has 0 rings (SSSR count). The molecule has 0 spiro atoms. The molecule has 1 amide bonds. The number of aliphatic carboxylic acids is 1. The fraction of sp³-hybridized carbons (Fsp3) is 0.833. The normalized spacial score (nSPS) is 13.2. The average Bonchev–Trinajstić information content (AvgIpc) is 2.13. The van der Waals surface area contributed by atoms with Crippen molar-refractivity contribution in [3.63, 3.8) is 0 Å². The van der Waals surface area contributed by atoms with Gasteiger partial charge in [0, 0.05) is 13.0 Å². The predicted octanol–water partition coefficient (Wildman–Crippen LogP) is 2.58. The number of halogens is 3. The summed E-state index contributed by atoms with van der Waals surface area (Å²) in [5, 5.41) is 11.2. The standard InChI is InChI=1S/C12H20F3NO3/c1-10(2,9(18)19)5-6-16-8(17)7-11(3,4)12(13,14)15/h5-7H2,1-4H3,(H,16,17)(H,18,19). The van der Waals surface area contributed by atoms with Crippen LogP contribution in [-0.4, -0.2) is 29.7 Å². The topological polar surface area (TPSA) is 66.4 Å². The van der Waals surface area contributed by atoms with E-state index in [-0.39, 0.29) is 13.0 Å². The zero-order valence-corrected chi connectivity index (χ0v) is 11.5. The van der Waals surface area contributed by atoms with Crippen molar-refractivity contribution in [1.29, 1.82) is 0 Å². The summed E-state index contributed by atoms with van der Waals surface area (Å²) in [6.45, 7) is 4.91. The van der Waals surface area contributed by atoms with Gasteiger partial charge in [-0.25, -0.2) is 0 Å². The van der Waals surface area contributed by atoms with Gasteiger partial charge in [-0.15, -0.1) is 0 Å². The van der Waals surface area contributed by atoms with Crippen LogP contribution in [0.2, 0.25) is 0 Å². The summed E-state index contributed by atoms with van der Waals surface area (Å²) in [6.07, 6.45) is -4.98. The third kappa shape index (κ3) is 5.48. The molecule has 0 aromatic carbocycles. The number of carbonyl (C=O) groups is 2. The molecule has 0 heterocycles. The van der Waals surface area contributed by atoms with Gasteiger partial charge in [0.2, 0.25) is 5.91 Å². The summed E-state index contributed by atoms with van der Waals surface area (Å²) in [5.74, 6) is -1.75. The molecule has 0 saturated heterocycles. The predicted molar refractivity (Wildman–Crippen MR) is 63.5 cm³/mol. The van der Waals surface area contributed by atoms with Gasteiger partial charge in [-0.05, 0) is 20.3 Å². The van der Waals surface area contributed by atoms with E-state index in [1.807, 2.05) is 0 Å². The minimum Gasteiger partial charge on any atom is -0.481 e. The first-order chi connectivity index (χ1) is 8.29. The number of carboxylic acid groups (broad SMARTS) is 1. The lowest BCUT2D eigenvalue weighted by atomic mass is 9.87. The van der Waals surface area contributed by atoms with E-state index in [4.69, 9.17) is 5.11 Å². The molecule has 0 aliphatic heterocycles. The molecule has 0 aromatic rings. The summed E-state index contributed by atoms with van der Waals surface area (Å²) in [6, 6.07) is 0. The maximum Gasteiger partial charge on any atom is 0.394 e. The van der Waals surface area contributed by atoms with Crippen molar-refractivity contribution in [3.05, 3.63) is 0 Å². The van der Waals surface area contributed by atoms with Crippen molar-refractivity contribution in [2.45, 2.75) is 46.7 Å². The summed E-state index contributed by atoms with van der Waals surface area (Å²) < 4.78 is 37.7. The minimum atomic E-state index is -4.45. The lowest BCUT2D eigenvalue weighted by molar-refractivity contribution is -0.213. The fourth-order valence-corrected chi connectivity index (χ4v) is 1.19. The van der Waals surface area contributed by atoms with Crippen molar-refractivity contribution in [3.8, 4) is 0 Å². The van der Waals surface area contributed by atoms with E-state index in [1.54, 1.807) is 0 Å². The van der Waals surface area contributed by atoms with Crippen molar-refractivity contribution in [2.24, 2.45) is 10.8 Å². The molecule has 0 unspecified atom stereocenters. The fourth-order valence-electron chi connectivity index (χ4n) is 1.19. The minimum absolute atomic E-state index is 0.0338. The van der Waals surface area contributed by atoms with Crippen LogP contribution in [0.5, 0.6) is 0 Å². The highest BCUT2D eigenvalue weighted by Gasteiger charge is 2.48. The molecule has 0 aromatic heterocycles. The number of hydrogen-bond acceptors (Lipinski definition) is 2. The first kappa shape index (κ1) is 17.7. The Morgan fingerprint density at radius 2 is 1.58 bits per heavy atom. The third-order valence-electron chi connectivity index (χ3n) is 3.02. The molecule has 0 bridgehead atoms. The number of hydrogen-bond donors (Lipinski definition) is 2. The molecule has 2 N–H and O–H groups in total. The maximum atomic E-state index is 12.6. The molecule has 112 valence electrons. The third-order valence-corrected chi connectivity index (χ3v) is 3.02. The lowest BCUT2D eigenvalue weighted by Crippen LogP contribution is -2.39. The number of carbonyl (C=O) groups excluding carboxylic acids is 1. The van der Waals surface area contributed by atoms with Gasteiger partial charge in [-0.1, -0.05) is 13.8 Å². The molecule has 0 fully saturated rings. The van der Waals surface area contributed by atoms with Crippen LogP contribution in [0, 0.1) is 10.8 Å². The Balaban J connectivity index is 4.26. The lowest BCUT2D eigenvalue weighted by Gasteiger charge is -2.27. The van der Waals surface area contributed by atoms with Gasteiger partial charge in [0.1, 0.15) is 0 Å². The van der Waals surface area contributed by atoms with Gasteiger partial charge in [0.25, 0.3) is 0 Å². The monoisotopic (exact) mass is 283 g/mol. The first-order valence-electron chi connectivity index (χ1n) is 5.86. The smallest absolute Gasteiger partial charge is 0.394 e. The molecule has 0 radical (unpaired) electrons. The van der Waals surface area contributed by atoms with Crippen LogP contribution >= 0.6 is 0 Å². The van der Waals surface area contributed by atoms with Crippen LogP contribution < -0.4 is 5.32 Å². The summed E-state index contributed by atoms with van der Waals surface area (Å²) in [7, 11) is 0. The first-order valence-corrected chi connectivity index (χ1v) is 5.86. The Morgan fingerprint density at radius 3 is 1.95 bits per heavy atom. The Kier molecular flexibility index (Phi) is 5.41. The van der Waals surface area contributed by atoms with E-state index in [9.17, 15) is 22.8 Å². The number of nitrogens with one attached hydrogen (secondary N) is 1. The molecular weight excluding hydrogens is 263 g/mol. The molecule has 0 aliphatic carbocycles. The van der Waals surface area contributed by atoms with Gasteiger partial charge < -0.3 is 10.4 Å². The molecule has 0 saturated carbocycles. The van der Waals surface area contributed by atoms with Crippen molar-refractivity contribution >= 4 is 11.9 Å². The number of carboxylic acids is 1.